The van der Waals surface area contributed by atoms with Gasteiger partial charge in [0.15, 0.2) is 0 Å². The van der Waals surface area contributed by atoms with Gasteiger partial charge in [-0.15, -0.1) is 0 Å². The molecule has 3 nitrogen and oxygen atoms in total. The Morgan fingerprint density at radius 3 is 2.36 bits per heavy atom. The van der Waals surface area contributed by atoms with Gasteiger partial charge < -0.3 is 5.73 Å². The van der Waals surface area contributed by atoms with E-state index in [4.69, 9.17) is 5.73 Å². The Kier molecular flexibility index (Phi) is 3.72. The van der Waals surface area contributed by atoms with Crippen molar-refractivity contribution in [2.24, 2.45) is 24.6 Å². The Balaban J connectivity index is 2.94. The lowest BCUT2D eigenvalue weighted by Crippen LogP contribution is -2.25. The maximum absolute atomic E-state index is 6.19. The van der Waals surface area contributed by atoms with Crippen molar-refractivity contribution in [3.8, 4) is 0 Å². The van der Waals surface area contributed by atoms with Crippen LogP contribution in [0.15, 0.2) is 10.7 Å². The normalized spacial score (nSPS) is 15.9. The van der Waals surface area contributed by atoms with Gasteiger partial charge in [-0.1, -0.05) is 20.8 Å². The van der Waals surface area contributed by atoms with Crippen LogP contribution in [0.2, 0.25) is 0 Å². The molecule has 1 heterocycles. The molecule has 0 spiro atoms. The van der Waals surface area contributed by atoms with Crippen molar-refractivity contribution in [1.82, 2.24) is 9.78 Å². The fourth-order valence-electron chi connectivity index (χ4n) is 1.46. The summed E-state index contributed by atoms with van der Waals surface area (Å²) in [4.78, 5) is 0. The van der Waals surface area contributed by atoms with Crippen LogP contribution in [0.4, 0.5) is 0 Å². The molecule has 80 valence electrons. The van der Waals surface area contributed by atoms with Gasteiger partial charge in [0, 0.05) is 7.05 Å². The van der Waals surface area contributed by atoms with E-state index in [1.54, 1.807) is 6.20 Å². The molecule has 0 aliphatic heterocycles. The van der Waals surface area contributed by atoms with Gasteiger partial charge in [0.25, 0.3) is 0 Å². The minimum absolute atomic E-state index is 0.0388. The van der Waals surface area contributed by atoms with E-state index in [0.717, 1.165) is 10.2 Å². The number of aromatic nitrogens is 2. The van der Waals surface area contributed by atoms with Crippen LogP contribution in [0.25, 0.3) is 0 Å². The van der Waals surface area contributed by atoms with Crippen LogP contribution in [0, 0.1) is 11.8 Å². The molecule has 0 radical (unpaired) electrons. The fourth-order valence-corrected chi connectivity index (χ4v) is 2.07. The highest BCUT2D eigenvalue weighted by atomic mass is 79.9. The van der Waals surface area contributed by atoms with Gasteiger partial charge in [-0.05, 0) is 27.8 Å². The molecule has 2 N–H and O–H groups in total. The second-order valence-electron chi connectivity index (χ2n) is 4.13. The van der Waals surface area contributed by atoms with Crippen LogP contribution in [-0.2, 0) is 7.05 Å². The van der Waals surface area contributed by atoms with Crippen molar-refractivity contribution in [3.05, 3.63) is 16.4 Å². The van der Waals surface area contributed by atoms with E-state index in [9.17, 15) is 0 Å². The van der Waals surface area contributed by atoms with Gasteiger partial charge in [-0.2, -0.15) is 5.10 Å². The summed E-state index contributed by atoms with van der Waals surface area (Å²) in [5.74, 6) is 1.02. The van der Waals surface area contributed by atoms with Crippen molar-refractivity contribution in [2.75, 3.05) is 0 Å². The number of hydrogen-bond donors (Lipinski definition) is 1. The number of hydrogen-bond acceptors (Lipinski definition) is 2. The maximum Gasteiger partial charge on any atom is 0.0692 e. The quantitative estimate of drug-likeness (QED) is 0.907. The summed E-state index contributed by atoms with van der Waals surface area (Å²) in [5.41, 5.74) is 7.27. The zero-order chi connectivity index (χ0) is 10.9. The highest BCUT2D eigenvalue weighted by molar-refractivity contribution is 9.10. The first-order valence-electron chi connectivity index (χ1n) is 4.88. The number of aryl methyl sites for hydroxylation is 1. The average molecular weight is 260 g/mol. The molecule has 0 bridgehead atoms. The largest absolute Gasteiger partial charge is 0.322 e. The van der Waals surface area contributed by atoms with E-state index in [0.29, 0.717) is 11.8 Å². The Morgan fingerprint density at radius 1 is 1.43 bits per heavy atom. The van der Waals surface area contributed by atoms with Crippen LogP contribution in [-0.4, -0.2) is 9.78 Å². The molecule has 0 aliphatic rings. The lowest BCUT2D eigenvalue weighted by Gasteiger charge is -2.23. The van der Waals surface area contributed by atoms with E-state index < -0.39 is 0 Å². The molecule has 4 heteroatoms. The van der Waals surface area contributed by atoms with Crippen LogP contribution < -0.4 is 5.73 Å². The lowest BCUT2D eigenvalue weighted by atomic mass is 9.89. The topological polar surface area (TPSA) is 43.8 Å². The summed E-state index contributed by atoms with van der Waals surface area (Å²) in [6.07, 6.45) is 1.79. The molecule has 0 amide bonds. The molecule has 2 atom stereocenters. The molecule has 2 unspecified atom stereocenters. The van der Waals surface area contributed by atoms with E-state index >= 15 is 0 Å². The Morgan fingerprint density at radius 2 is 2.00 bits per heavy atom. The van der Waals surface area contributed by atoms with Gasteiger partial charge in [0.2, 0.25) is 0 Å². The molecule has 0 aliphatic carbocycles. The molecule has 1 aromatic rings. The summed E-state index contributed by atoms with van der Waals surface area (Å²) >= 11 is 3.47. The van der Waals surface area contributed by atoms with Crippen LogP contribution >= 0.6 is 15.9 Å². The molecular formula is C10H18BrN3. The van der Waals surface area contributed by atoms with E-state index in [2.05, 4.69) is 41.8 Å². The van der Waals surface area contributed by atoms with Crippen molar-refractivity contribution >= 4 is 15.9 Å². The zero-order valence-corrected chi connectivity index (χ0v) is 10.7. The van der Waals surface area contributed by atoms with Gasteiger partial charge in [-0.3, -0.25) is 4.68 Å². The SMILES string of the molecule is CC(C)C(C)C(N)c1c(Br)cnn1C. The fraction of sp³-hybridized carbons (Fsp3) is 0.700. The summed E-state index contributed by atoms with van der Waals surface area (Å²) in [5, 5.41) is 4.17. The first-order chi connectivity index (χ1) is 6.45. The van der Waals surface area contributed by atoms with Crippen molar-refractivity contribution in [2.45, 2.75) is 26.8 Å². The molecule has 0 saturated heterocycles. The second-order valence-corrected chi connectivity index (χ2v) is 4.98. The monoisotopic (exact) mass is 259 g/mol. The number of nitrogens with two attached hydrogens (primary N) is 1. The molecule has 1 aromatic heterocycles. The standard InChI is InChI=1S/C10H18BrN3/c1-6(2)7(3)9(12)10-8(11)5-13-14(10)4/h5-7,9H,12H2,1-4H3. The number of nitrogens with zero attached hydrogens (tertiary/aromatic N) is 2. The molecular weight excluding hydrogens is 242 g/mol. The third kappa shape index (κ3) is 2.17. The highest BCUT2D eigenvalue weighted by Gasteiger charge is 2.22. The third-order valence-electron chi connectivity index (χ3n) is 2.87. The smallest absolute Gasteiger partial charge is 0.0692 e. The first-order valence-corrected chi connectivity index (χ1v) is 5.67. The highest BCUT2D eigenvalue weighted by Crippen LogP contribution is 2.29. The Labute approximate surface area is 93.8 Å². The summed E-state index contributed by atoms with van der Waals surface area (Å²) in [6, 6.07) is 0.0388. The zero-order valence-electron chi connectivity index (χ0n) is 9.16. The molecule has 0 fully saturated rings. The summed E-state index contributed by atoms with van der Waals surface area (Å²) in [7, 11) is 1.92. The minimum atomic E-state index is 0.0388. The van der Waals surface area contributed by atoms with Gasteiger partial charge >= 0.3 is 0 Å². The van der Waals surface area contributed by atoms with E-state index in [1.807, 2.05) is 11.7 Å². The first kappa shape index (κ1) is 11.7. The van der Waals surface area contributed by atoms with E-state index in [-0.39, 0.29) is 6.04 Å². The minimum Gasteiger partial charge on any atom is -0.322 e. The van der Waals surface area contributed by atoms with Crippen LogP contribution in [0.3, 0.4) is 0 Å². The van der Waals surface area contributed by atoms with Crippen molar-refractivity contribution in [1.29, 1.82) is 0 Å². The molecule has 14 heavy (non-hydrogen) atoms. The predicted molar refractivity (Wildman–Crippen MR) is 61.8 cm³/mol. The second kappa shape index (κ2) is 4.45. The van der Waals surface area contributed by atoms with Crippen molar-refractivity contribution in [3.63, 3.8) is 0 Å². The predicted octanol–water partition coefficient (Wildman–Crippen LogP) is 2.47. The average Bonchev–Trinajstić information content (AvgIpc) is 2.44. The van der Waals surface area contributed by atoms with Gasteiger partial charge in [0.05, 0.1) is 22.4 Å². The van der Waals surface area contributed by atoms with Gasteiger partial charge in [-0.25, -0.2) is 0 Å². The molecule has 1 rings (SSSR count). The lowest BCUT2D eigenvalue weighted by molar-refractivity contribution is 0.339. The van der Waals surface area contributed by atoms with Crippen LogP contribution in [0.1, 0.15) is 32.5 Å². The molecule has 0 saturated carbocycles. The maximum atomic E-state index is 6.19. The van der Waals surface area contributed by atoms with E-state index in [1.165, 1.54) is 0 Å². The van der Waals surface area contributed by atoms with Crippen LogP contribution in [0.5, 0.6) is 0 Å². The summed E-state index contributed by atoms with van der Waals surface area (Å²) in [6.45, 7) is 6.55. The number of halogens is 1. The van der Waals surface area contributed by atoms with Crippen molar-refractivity contribution < 1.29 is 0 Å². The Bertz CT molecular complexity index is 287. The Hall–Kier alpha value is -0.350. The number of rotatable bonds is 3. The third-order valence-corrected chi connectivity index (χ3v) is 3.48. The summed E-state index contributed by atoms with van der Waals surface area (Å²) < 4.78 is 2.84. The molecule has 0 aromatic carbocycles. The van der Waals surface area contributed by atoms with Gasteiger partial charge in [0.1, 0.15) is 0 Å².